The van der Waals surface area contributed by atoms with Crippen molar-refractivity contribution in [2.45, 2.75) is 52.9 Å². The Morgan fingerprint density at radius 3 is 2.33 bits per heavy atom. The molecule has 12 heteroatoms. The van der Waals surface area contributed by atoms with Gasteiger partial charge in [0, 0.05) is 11.1 Å². The third-order valence-electron chi connectivity index (χ3n) is 7.54. The van der Waals surface area contributed by atoms with Crippen molar-refractivity contribution in [3.8, 4) is 28.4 Å². The van der Waals surface area contributed by atoms with Gasteiger partial charge in [0.1, 0.15) is 5.69 Å². The number of ether oxygens (including phenoxy) is 1. The van der Waals surface area contributed by atoms with Gasteiger partial charge in [0.2, 0.25) is 10.0 Å². The lowest BCUT2D eigenvalue weighted by atomic mass is 9.86. The van der Waals surface area contributed by atoms with E-state index in [2.05, 4.69) is 39.3 Å². The molecule has 0 unspecified atom stereocenters. The molecule has 5 aromatic rings. The number of sulfonamides is 1. The minimum Gasteiger partial charge on any atom is -0.492 e. The van der Waals surface area contributed by atoms with Gasteiger partial charge < -0.3 is 10.1 Å². The summed E-state index contributed by atoms with van der Waals surface area (Å²) in [7, 11) is -2.19. The average molecular weight is 642 g/mol. The van der Waals surface area contributed by atoms with E-state index in [0.29, 0.717) is 22.6 Å². The first kappa shape index (κ1) is 32.4. The lowest BCUT2D eigenvalue weighted by Gasteiger charge is -2.24. The molecule has 5 rings (SSSR count). The van der Waals surface area contributed by atoms with Crippen LogP contribution in [0.1, 0.15) is 67.7 Å². The summed E-state index contributed by atoms with van der Waals surface area (Å²) in [6.07, 6.45) is 4.71. The smallest absolute Gasteiger partial charge is 0.255 e. The molecule has 0 saturated carbocycles. The third kappa shape index (κ3) is 6.81. The number of carbonyl (C=O) groups is 1. The number of benzene rings is 3. The third-order valence-corrected chi connectivity index (χ3v) is 8.13. The first-order valence-electron chi connectivity index (χ1n) is 14.8. The van der Waals surface area contributed by atoms with Crippen molar-refractivity contribution in [2.24, 2.45) is 0 Å². The van der Waals surface area contributed by atoms with Gasteiger partial charge in [-0.25, -0.2) is 17.8 Å². The second-order valence-electron chi connectivity index (χ2n) is 12.6. The largest absolute Gasteiger partial charge is 0.492 e. The van der Waals surface area contributed by atoms with Gasteiger partial charge in [0.05, 0.1) is 54.2 Å². The fourth-order valence-electron chi connectivity index (χ4n) is 5.23. The van der Waals surface area contributed by atoms with Gasteiger partial charge in [0.15, 0.2) is 5.75 Å². The maximum atomic E-state index is 13.7. The zero-order valence-electron chi connectivity index (χ0n) is 27.3. The molecule has 1 amide bonds. The van der Waals surface area contributed by atoms with E-state index in [1.807, 2.05) is 75.0 Å². The van der Waals surface area contributed by atoms with E-state index in [1.54, 1.807) is 35.1 Å². The second kappa shape index (κ2) is 12.4. The van der Waals surface area contributed by atoms with Crippen molar-refractivity contribution in [3.05, 3.63) is 95.4 Å². The number of hydrogen-bond donors (Lipinski definition) is 2. The molecule has 3 aromatic carbocycles. The number of methoxy groups -OCH3 is 1. The van der Waals surface area contributed by atoms with Gasteiger partial charge in [-0.1, -0.05) is 64.1 Å². The predicted octanol–water partition coefficient (Wildman–Crippen LogP) is 6.48. The molecule has 0 atom stereocenters. The van der Waals surface area contributed by atoms with E-state index in [0.717, 1.165) is 34.3 Å². The predicted molar refractivity (Wildman–Crippen MR) is 181 cm³/mol. The van der Waals surface area contributed by atoms with Crippen LogP contribution in [0.4, 0.5) is 11.4 Å². The van der Waals surface area contributed by atoms with Crippen LogP contribution in [0.5, 0.6) is 5.75 Å². The maximum absolute atomic E-state index is 13.7. The number of para-hydroxylation sites is 1. The van der Waals surface area contributed by atoms with Gasteiger partial charge in [-0.3, -0.25) is 9.52 Å². The minimum atomic E-state index is -3.61. The first-order chi connectivity index (χ1) is 21.7. The van der Waals surface area contributed by atoms with Crippen LogP contribution >= 0.6 is 0 Å². The van der Waals surface area contributed by atoms with E-state index in [1.165, 1.54) is 7.11 Å². The second-order valence-corrected chi connectivity index (χ2v) is 14.3. The highest BCUT2D eigenvalue weighted by atomic mass is 32.2. The molecular formula is C34H39N7O4S. The van der Waals surface area contributed by atoms with Gasteiger partial charge in [0.25, 0.3) is 5.91 Å². The van der Waals surface area contributed by atoms with E-state index >= 15 is 0 Å². The van der Waals surface area contributed by atoms with Crippen molar-refractivity contribution in [2.75, 3.05) is 23.4 Å². The highest BCUT2D eigenvalue weighted by molar-refractivity contribution is 7.92. The van der Waals surface area contributed by atoms with E-state index in [9.17, 15) is 13.2 Å². The monoisotopic (exact) mass is 641 g/mol. The molecule has 0 spiro atoms. The van der Waals surface area contributed by atoms with Crippen molar-refractivity contribution in [1.82, 2.24) is 24.8 Å². The van der Waals surface area contributed by atoms with Crippen LogP contribution in [0.3, 0.4) is 0 Å². The van der Waals surface area contributed by atoms with Crippen LogP contribution < -0.4 is 14.8 Å². The molecule has 0 saturated heterocycles. The number of nitrogens with zero attached hydrogens (tertiary/aromatic N) is 5. The standard InChI is InChI=1S/C34H39N7O4S/c1-21(2)31-26(19-35-41(31)25-12-10-9-11-13-25)29-20-40(39-37-29)30-16-23(15-14-22(30)3)33(42)36-27-17-24(34(4,5)6)18-28(32(27)45-7)38-46(8,43)44/h9-21,38H,1-8H3,(H,36,42). The SMILES string of the molecule is COc1c(NC(=O)c2ccc(C)c(-n3cc(-c4cnn(-c5ccccc5)c4C(C)C)nn3)c2)cc(C(C)(C)C)cc1NS(C)(=O)=O. The normalized spacial score (nSPS) is 11.9. The molecule has 0 radical (unpaired) electrons. The van der Waals surface area contributed by atoms with Crippen molar-refractivity contribution < 1.29 is 17.9 Å². The molecule has 2 heterocycles. The van der Waals surface area contributed by atoms with E-state index in [4.69, 9.17) is 4.74 Å². The Morgan fingerprint density at radius 1 is 1.00 bits per heavy atom. The number of hydrogen-bond acceptors (Lipinski definition) is 7. The molecular weight excluding hydrogens is 602 g/mol. The summed E-state index contributed by atoms with van der Waals surface area (Å²) in [5.74, 6) is -0.0296. The topological polar surface area (TPSA) is 133 Å². The van der Waals surface area contributed by atoms with Crippen LogP contribution in [0.2, 0.25) is 0 Å². The summed E-state index contributed by atoms with van der Waals surface area (Å²) in [6, 6.07) is 18.8. The molecule has 46 heavy (non-hydrogen) atoms. The molecule has 0 fully saturated rings. The van der Waals surface area contributed by atoms with Crippen LogP contribution in [0.15, 0.2) is 73.1 Å². The zero-order valence-corrected chi connectivity index (χ0v) is 28.1. The summed E-state index contributed by atoms with van der Waals surface area (Å²) in [5, 5.41) is 16.5. The highest BCUT2D eigenvalue weighted by Crippen LogP contribution is 2.39. The number of carbonyl (C=O) groups excluding carboxylic acids is 1. The Morgan fingerprint density at radius 2 is 1.70 bits per heavy atom. The Bertz CT molecular complexity index is 2010. The van der Waals surface area contributed by atoms with Gasteiger partial charge in [-0.15, -0.1) is 5.10 Å². The zero-order chi connectivity index (χ0) is 33.4. The Hall–Kier alpha value is -4.97. The molecule has 11 nitrogen and oxygen atoms in total. The summed E-state index contributed by atoms with van der Waals surface area (Å²) < 4.78 is 35.9. The van der Waals surface area contributed by atoms with Crippen molar-refractivity contribution >= 4 is 27.3 Å². The molecule has 0 aliphatic carbocycles. The van der Waals surface area contributed by atoms with Crippen LogP contribution in [0.25, 0.3) is 22.6 Å². The quantitative estimate of drug-likeness (QED) is 0.188. The molecule has 240 valence electrons. The summed E-state index contributed by atoms with van der Waals surface area (Å²) in [4.78, 5) is 13.7. The number of anilines is 2. The fraction of sp³-hybridized carbons (Fsp3) is 0.294. The lowest BCUT2D eigenvalue weighted by molar-refractivity contribution is 0.102. The number of rotatable bonds is 9. The molecule has 2 N–H and O–H groups in total. The van der Waals surface area contributed by atoms with Gasteiger partial charge in [-0.2, -0.15) is 5.10 Å². The van der Waals surface area contributed by atoms with E-state index in [-0.39, 0.29) is 22.8 Å². The molecule has 0 aliphatic rings. The number of aromatic nitrogens is 5. The summed E-state index contributed by atoms with van der Waals surface area (Å²) in [5.41, 5.74) is 6.51. The number of nitrogens with one attached hydrogen (secondary N) is 2. The fourth-order valence-corrected chi connectivity index (χ4v) is 5.78. The summed E-state index contributed by atoms with van der Waals surface area (Å²) in [6.45, 7) is 12.2. The van der Waals surface area contributed by atoms with Crippen LogP contribution in [-0.2, 0) is 15.4 Å². The Kier molecular flexibility index (Phi) is 8.76. The number of aryl methyl sites for hydroxylation is 1. The van der Waals surface area contributed by atoms with Crippen molar-refractivity contribution in [3.63, 3.8) is 0 Å². The van der Waals surface area contributed by atoms with Crippen LogP contribution in [0, 0.1) is 6.92 Å². The van der Waals surface area contributed by atoms with Crippen molar-refractivity contribution in [1.29, 1.82) is 0 Å². The molecule has 2 aromatic heterocycles. The molecule has 0 aliphatic heterocycles. The van der Waals surface area contributed by atoms with Crippen LogP contribution in [-0.4, -0.2) is 52.5 Å². The Balaban J connectivity index is 1.49. The first-order valence-corrected chi connectivity index (χ1v) is 16.7. The Labute approximate surface area is 269 Å². The molecule has 0 bridgehead atoms. The minimum absolute atomic E-state index is 0.165. The lowest BCUT2D eigenvalue weighted by Crippen LogP contribution is -2.18. The highest BCUT2D eigenvalue weighted by Gasteiger charge is 2.24. The summed E-state index contributed by atoms with van der Waals surface area (Å²) >= 11 is 0. The number of amides is 1. The van der Waals surface area contributed by atoms with E-state index < -0.39 is 15.9 Å². The van der Waals surface area contributed by atoms with Gasteiger partial charge >= 0.3 is 0 Å². The average Bonchev–Trinajstić information content (AvgIpc) is 3.64. The van der Waals surface area contributed by atoms with Gasteiger partial charge in [-0.05, 0) is 65.8 Å². The maximum Gasteiger partial charge on any atom is 0.255 e.